The van der Waals surface area contributed by atoms with Crippen LogP contribution in [0.3, 0.4) is 0 Å². The SMILES string of the molecule is c1ccc(-c2nc(-c3cc4ccccc4c4ccccc34)nc(-c3cc(-n4c5ccccc5c5cc6ccccc6cc54)cc4oc5ccccc5c34)n2)cc1.c1ccc(-c2nc(-c3ccc4c(ccc5ccccc54)c3)nc(-c3cc(-n4c5ccccc5c5cc6ccccc6cc54)cc4oc5ccccc5c34)n2)cc1. The van der Waals surface area contributed by atoms with Gasteiger partial charge in [-0.05, 0) is 137 Å². The number of fused-ring (bicyclic) bond motifs is 20. The molecule has 0 atom stereocenters. The third-order valence-electron chi connectivity index (χ3n) is 22.4. The van der Waals surface area contributed by atoms with Gasteiger partial charge in [-0.25, -0.2) is 29.9 Å². The van der Waals surface area contributed by atoms with Crippen molar-refractivity contribution in [3.63, 3.8) is 0 Å². The maximum atomic E-state index is 6.70. The Morgan fingerprint density at radius 1 is 0.179 bits per heavy atom. The lowest BCUT2D eigenvalue weighted by Gasteiger charge is -2.14. The van der Waals surface area contributed by atoms with Gasteiger partial charge in [-0.2, -0.15) is 0 Å². The number of benzene rings is 18. The van der Waals surface area contributed by atoms with Crippen molar-refractivity contribution >= 4 is 152 Å². The molecule has 0 aliphatic rings. The van der Waals surface area contributed by atoms with Gasteiger partial charge in [-0.1, -0.05) is 279 Å². The fraction of sp³-hybridized carbons (Fsp3) is 0. The zero-order chi connectivity index (χ0) is 73.5. The van der Waals surface area contributed by atoms with Crippen molar-refractivity contribution in [1.82, 2.24) is 39.0 Å². The summed E-state index contributed by atoms with van der Waals surface area (Å²) in [5.41, 5.74) is 15.0. The van der Waals surface area contributed by atoms with E-state index < -0.39 is 0 Å². The van der Waals surface area contributed by atoms with Crippen molar-refractivity contribution in [2.75, 3.05) is 0 Å². The molecule has 18 aromatic carbocycles. The summed E-state index contributed by atoms with van der Waals surface area (Å²) in [4.78, 5) is 31.6. The molecule has 0 saturated heterocycles. The molecule has 0 aliphatic carbocycles. The lowest BCUT2D eigenvalue weighted by Crippen LogP contribution is -2.02. The Bertz CT molecular complexity index is 8030. The minimum absolute atomic E-state index is 0.579. The smallest absolute Gasteiger partial charge is 0.164 e. The van der Waals surface area contributed by atoms with Gasteiger partial charge >= 0.3 is 0 Å². The standard InChI is InChI=1S/2C51H30N4O/c1-2-13-32(14-3-1)49-52-50(36-24-25-39-35(26-36)23-22-31-12-6-7-17-38(31)39)54-51(53-49)43-29-37(30-47-48(43)41-19-9-11-21-46(41)56-47)55-44-20-10-8-18-40(44)42-27-33-15-4-5-16-34(33)28-45(42)55;1-2-14-31(15-3-1)49-52-50(42-27-34-18-6-7-19-36(34)37-20-8-9-21-38(37)42)54-51(53-49)43-29-35(30-47-48(43)40-23-11-13-25-46(40)56-47)55-44-24-12-10-22-39(44)41-26-32-16-4-5-17-33(32)28-45(41)55/h2*1-30H. The molecular weight excluding hydrogens is 1370 g/mol. The second-order valence-corrected chi connectivity index (χ2v) is 28.8. The monoisotopic (exact) mass is 1430 g/mol. The van der Waals surface area contributed by atoms with Crippen molar-refractivity contribution in [2.45, 2.75) is 0 Å². The highest BCUT2D eigenvalue weighted by molar-refractivity contribution is 6.19. The Morgan fingerprint density at radius 3 is 1.06 bits per heavy atom. The predicted molar refractivity (Wildman–Crippen MR) is 461 cm³/mol. The first kappa shape index (κ1) is 62.9. The molecule has 0 aliphatic heterocycles. The fourth-order valence-corrected chi connectivity index (χ4v) is 17.2. The molecule has 0 unspecified atom stereocenters. The molecular formula is C102H60N8O2. The van der Waals surface area contributed by atoms with Gasteiger partial charge in [-0.3, -0.25) is 0 Å². The van der Waals surface area contributed by atoms with E-state index in [-0.39, 0.29) is 0 Å². The maximum Gasteiger partial charge on any atom is 0.164 e. The molecule has 112 heavy (non-hydrogen) atoms. The molecule has 0 fully saturated rings. The summed E-state index contributed by atoms with van der Waals surface area (Å²) >= 11 is 0. The Morgan fingerprint density at radius 2 is 0.536 bits per heavy atom. The summed E-state index contributed by atoms with van der Waals surface area (Å²) in [5, 5.41) is 22.9. The minimum Gasteiger partial charge on any atom is -0.456 e. The molecule has 0 bridgehead atoms. The Balaban J connectivity index is 0.000000134. The first-order valence-corrected chi connectivity index (χ1v) is 37.7. The molecule has 0 amide bonds. The van der Waals surface area contributed by atoms with E-state index in [4.69, 9.17) is 38.7 Å². The first-order valence-electron chi connectivity index (χ1n) is 37.7. The normalized spacial score (nSPS) is 11.9. The largest absolute Gasteiger partial charge is 0.456 e. The summed E-state index contributed by atoms with van der Waals surface area (Å²) in [6, 6.07) is 128. The van der Waals surface area contributed by atoms with Gasteiger partial charge in [-0.15, -0.1) is 0 Å². The molecule has 0 radical (unpaired) electrons. The van der Waals surface area contributed by atoms with Crippen LogP contribution in [-0.2, 0) is 0 Å². The van der Waals surface area contributed by atoms with Gasteiger partial charge in [0.05, 0.1) is 33.4 Å². The molecule has 6 heterocycles. The number of hydrogen-bond donors (Lipinski definition) is 0. The topological polar surface area (TPSA) is 113 Å². The Labute approximate surface area is 639 Å². The van der Waals surface area contributed by atoms with E-state index in [0.717, 1.165) is 132 Å². The van der Waals surface area contributed by atoms with Gasteiger partial charge in [0.1, 0.15) is 22.3 Å². The zero-order valence-corrected chi connectivity index (χ0v) is 60.0. The summed E-state index contributed by atoms with van der Waals surface area (Å²) in [6.07, 6.45) is 0. The van der Waals surface area contributed by atoms with Crippen LogP contribution in [0.25, 0.3) is 232 Å². The number of rotatable bonds is 8. The lowest BCUT2D eigenvalue weighted by molar-refractivity contribution is 0.668. The van der Waals surface area contributed by atoms with E-state index in [9.17, 15) is 0 Å². The van der Waals surface area contributed by atoms with E-state index in [1.165, 1.54) is 64.6 Å². The summed E-state index contributed by atoms with van der Waals surface area (Å²) < 4.78 is 18.1. The van der Waals surface area contributed by atoms with Gasteiger partial charge in [0.15, 0.2) is 34.9 Å². The van der Waals surface area contributed by atoms with Gasteiger partial charge in [0, 0.05) is 88.6 Å². The predicted octanol–water partition coefficient (Wildman–Crippen LogP) is 26.7. The van der Waals surface area contributed by atoms with Crippen LogP contribution in [0.5, 0.6) is 0 Å². The molecule has 520 valence electrons. The van der Waals surface area contributed by atoms with E-state index in [1.807, 2.05) is 60.7 Å². The summed E-state index contributed by atoms with van der Waals surface area (Å²) in [6.45, 7) is 0. The summed E-state index contributed by atoms with van der Waals surface area (Å²) in [7, 11) is 0. The van der Waals surface area contributed by atoms with Crippen molar-refractivity contribution in [3.05, 3.63) is 364 Å². The van der Waals surface area contributed by atoms with Crippen molar-refractivity contribution in [3.8, 4) is 79.7 Å². The third-order valence-corrected chi connectivity index (χ3v) is 22.4. The first-order chi connectivity index (χ1) is 55.5. The highest BCUT2D eigenvalue weighted by Crippen LogP contribution is 2.46. The van der Waals surface area contributed by atoms with E-state index in [1.54, 1.807) is 0 Å². The van der Waals surface area contributed by atoms with Crippen LogP contribution in [0.2, 0.25) is 0 Å². The molecule has 0 saturated carbocycles. The second-order valence-electron chi connectivity index (χ2n) is 28.8. The molecule has 24 rings (SSSR count). The maximum absolute atomic E-state index is 6.70. The summed E-state index contributed by atoms with van der Waals surface area (Å²) in [5.74, 6) is 3.60. The Hall–Kier alpha value is -15.3. The third kappa shape index (κ3) is 10.2. The molecule has 24 aromatic rings. The number of furan rings is 2. The number of para-hydroxylation sites is 4. The van der Waals surface area contributed by atoms with Crippen LogP contribution in [0.4, 0.5) is 0 Å². The van der Waals surface area contributed by atoms with E-state index in [0.29, 0.717) is 34.9 Å². The molecule has 10 nitrogen and oxygen atoms in total. The quantitative estimate of drug-likeness (QED) is 0.138. The molecule has 10 heteroatoms. The van der Waals surface area contributed by atoms with Crippen LogP contribution >= 0.6 is 0 Å². The Kier molecular flexibility index (Phi) is 14.1. The number of hydrogen-bond acceptors (Lipinski definition) is 8. The molecule has 6 aromatic heterocycles. The highest BCUT2D eigenvalue weighted by atomic mass is 16.3. The average Bonchev–Trinajstić information content (AvgIpc) is 1.54. The van der Waals surface area contributed by atoms with Crippen LogP contribution in [-0.4, -0.2) is 39.0 Å². The minimum atomic E-state index is 0.579. The molecule has 0 spiro atoms. The van der Waals surface area contributed by atoms with Crippen LogP contribution in [0.15, 0.2) is 373 Å². The van der Waals surface area contributed by atoms with Crippen LogP contribution < -0.4 is 0 Å². The van der Waals surface area contributed by atoms with Crippen molar-refractivity contribution in [1.29, 1.82) is 0 Å². The van der Waals surface area contributed by atoms with Gasteiger partial charge < -0.3 is 18.0 Å². The lowest BCUT2D eigenvalue weighted by atomic mass is 9.96. The second kappa shape index (κ2) is 25.2. The highest BCUT2D eigenvalue weighted by Gasteiger charge is 2.26. The van der Waals surface area contributed by atoms with Crippen molar-refractivity contribution < 1.29 is 8.83 Å². The molecule has 0 N–H and O–H groups in total. The van der Waals surface area contributed by atoms with E-state index in [2.05, 4.69) is 312 Å². The van der Waals surface area contributed by atoms with E-state index >= 15 is 0 Å². The van der Waals surface area contributed by atoms with Gasteiger partial charge in [0.25, 0.3) is 0 Å². The van der Waals surface area contributed by atoms with Crippen molar-refractivity contribution in [2.24, 2.45) is 0 Å². The number of aromatic nitrogens is 8. The zero-order valence-electron chi connectivity index (χ0n) is 60.0. The van der Waals surface area contributed by atoms with Crippen LogP contribution in [0, 0.1) is 0 Å². The number of nitrogens with zero attached hydrogens (tertiary/aromatic N) is 8. The van der Waals surface area contributed by atoms with Crippen LogP contribution in [0.1, 0.15) is 0 Å². The van der Waals surface area contributed by atoms with Gasteiger partial charge in [0.2, 0.25) is 0 Å². The fourth-order valence-electron chi connectivity index (χ4n) is 17.2. The average molecular weight is 1430 g/mol.